The van der Waals surface area contributed by atoms with E-state index >= 15 is 0 Å². The third-order valence-electron chi connectivity index (χ3n) is 4.78. The van der Waals surface area contributed by atoms with Gasteiger partial charge in [-0.1, -0.05) is 30.0 Å². The number of nitrogens with one attached hydrogen (secondary N) is 1. The summed E-state index contributed by atoms with van der Waals surface area (Å²) in [4.78, 5) is 12.3. The van der Waals surface area contributed by atoms with E-state index in [-0.39, 0.29) is 11.7 Å². The van der Waals surface area contributed by atoms with Crippen molar-refractivity contribution in [3.05, 3.63) is 60.4 Å². The Morgan fingerprint density at radius 3 is 2.45 bits per heavy atom. The maximum atomic E-state index is 12.3. The molecule has 1 aliphatic rings. The Labute approximate surface area is 186 Å². The van der Waals surface area contributed by atoms with Crippen LogP contribution in [0.4, 0.5) is 0 Å². The molecule has 4 rings (SSSR count). The highest BCUT2D eigenvalue weighted by Crippen LogP contribution is 2.41. The predicted octanol–water partition coefficient (Wildman–Crippen LogP) is 3.83. The number of hydrogen-bond acceptors (Lipinski definition) is 6. The summed E-state index contributed by atoms with van der Waals surface area (Å²) < 4.78 is 13.1. The summed E-state index contributed by atoms with van der Waals surface area (Å²) >= 11 is 1.40. The molecule has 0 radical (unpaired) electrons. The number of ether oxygens (including phenoxy) is 2. The molecule has 1 saturated carbocycles. The quantitative estimate of drug-likeness (QED) is 0.362. The highest BCUT2D eigenvalue weighted by Gasteiger charge is 2.31. The molecule has 1 aromatic heterocycles. The van der Waals surface area contributed by atoms with Crippen LogP contribution < -0.4 is 14.8 Å². The lowest BCUT2D eigenvalue weighted by molar-refractivity contribution is -0.118. The summed E-state index contributed by atoms with van der Waals surface area (Å²) in [6, 6.07) is 17.5. The van der Waals surface area contributed by atoms with E-state index in [1.165, 1.54) is 11.8 Å². The highest BCUT2D eigenvalue weighted by molar-refractivity contribution is 7.99. The molecule has 1 N–H and O–H groups in total. The van der Waals surface area contributed by atoms with Crippen molar-refractivity contribution in [1.82, 2.24) is 20.1 Å². The lowest BCUT2D eigenvalue weighted by Crippen LogP contribution is -2.29. The number of hydrogen-bond donors (Lipinski definition) is 1. The van der Waals surface area contributed by atoms with Gasteiger partial charge < -0.3 is 14.8 Å². The van der Waals surface area contributed by atoms with Gasteiger partial charge in [0.25, 0.3) is 0 Å². The van der Waals surface area contributed by atoms with Gasteiger partial charge in [-0.25, -0.2) is 0 Å². The first-order chi connectivity index (χ1) is 15.2. The average molecular weight is 439 g/mol. The monoisotopic (exact) mass is 438 g/mol. The van der Waals surface area contributed by atoms with Gasteiger partial charge in [-0.2, -0.15) is 0 Å². The van der Waals surface area contributed by atoms with E-state index < -0.39 is 0 Å². The predicted molar refractivity (Wildman–Crippen MR) is 120 cm³/mol. The van der Waals surface area contributed by atoms with Crippen molar-refractivity contribution in [2.24, 2.45) is 0 Å². The summed E-state index contributed by atoms with van der Waals surface area (Å²) in [6.45, 7) is 3.42. The zero-order chi connectivity index (χ0) is 21.5. The van der Waals surface area contributed by atoms with Crippen molar-refractivity contribution in [3.8, 4) is 17.2 Å². The van der Waals surface area contributed by atoms with Crippen LogP contribution in [0.15, 0.2) is 59.8 Å². The fourth-order valence-electron chi connectivity index (χ4n) is 3.14. The van der Waals surface area contributed by atoms with E-state index in [1.807, 2.05) is 61.5 Å². The third kappa shape index (κ3) is 5.79. The normalized spacial score (nSPS) is 13.1. The Kier molecular flexibility index (Phi) is 7.09. The molecule has 0 spiro atoms. The van der Waals surface area contributed by atoms with E-state index in [1.54, 1.807) is 0 Å². The molecular formula is C23H26N4O3S. The molecule has 8 heteroatoms. The second-order valence-corrected chi connectivity index (χ2v) is 8.12. The lowest BCUT2D eigenvalue weighted by atomic mass is 10.3. The van der Waals surface area contributed by atoms with Crippen molar-refractivity contribution < 1.29 is 14.3 Å². The van der Waals surface area contributed by atoms with E-state index in [4.69, 9.17) is 9.47 Å². The number of carbonyl (C=O) groups is 1. The average Bonchev–Trinajstić information content (AvgIpc) is 3.56. The molecule has 1 fully saturated rings. The number of para-hydroxylation sites is 1. The van der Waals surface area contributed by atoms with Crippen LogP contribution in [0.2, 0.25) is 0 Å². The summed E-state index contributed by atoms with van der Waals surface area (Å²) in [5, 5.41) is 12.4. The number of nitrogens with zero attached hydrogens (tertiary/aromatic N) is 3. The molecule has 0 atom stereocenters. The largest absolute Gasteiger partial charge is 0.494 e. The molecule has 3 aromatic rings. The van der Waals surface area contributed by atoms with E-state index in [2.05, 4.69) is 20.1 Å². The van der Waals surface area contributed by atoms with E-state index in [9.17, 15) is 4.79 Å². The van der Waals surface area contributed by atoms with Gasteiger partial charge in [-0.15, -0.1) is 10.2 Å². The highest BCUT2D eigenvalue weighted by atomic mass is 32.2. The SMILES string of the molecule is CCOc1ccc(OCCNC(=O)CSc2nnc(C3CC3)n2-c2ccccc2)cc1. The van der Waals surface area contributed by atoms with Crippen LogP contribution in [0.1, 0.15) is 31.5 Å². The molecule has 0 bridgehead atoms. The van der Waals surface area contributed by atoms with Gasteiger partial charge in [0.15, 0.2) is 5.16 Å². The smallest absolute Gasteiger partial charge is 0.230 e. The van der Waals surface area contributed by atoms with E-state index in [0.717, 1.165) is 41.0 Å². The van der Waals surface area contributed by atoms with Gasteiger partial charge in [-0.3, -0.25) is 9.36 Å². The molecule has 0 unspecified atom stereocenters. The van der Waals surface area contributed by atoms with Crippen molar-refractivity contribution in [3.63, 3.8) is 0 Å². The number of rotatable bonds is 11. The van der Waals surface area contributed by atoms with Crippen LogP contribution in [0.5, 0.6) is 11.5 Å². The van der Waals surface area contributed by atoms with Gasteiger partial charge >= 0.3 is 0 Å². The summed E-state index contributed by atoms with van der Waals surface area (Å²) in [5.41, 5.74) is 1.03. The second-order valence-electron chi connectivity index (χ2n) is 7.18. The van der Waals surface area contributed by atoms with Crippen molar-refractivity contribution in [1.29, 1.82) is 0 Å². The molecule has 1 heterocycles. The number of carbonyl (C=O) groups excluding carboxylic acids is 1. The maximum Gasteiger partial charge on any atom is 0.230 e. The summed E-state index contributed by atoms with van der Waals surface area (Å²) in [6.07, 6.45) is 2.29. The Morgan fingerprint density at radius 2 is 1.77 bits per heavy atom. The number of thioether (sulfide) groups is 1. The van der Waals surface area contributed by atoms with Crippen LogP contribution in [0, 0.1) is 0 Å². The molecule has 7 nitrogen and oxygen atoms in total. The van der Waals surface area contributed by atoms with Crippen LogP contribution in [-0.4, -0.2) is 46.2 Å². The third-order valence-corrected chi connectivity index (χ3v) is 5.70. The van der Waals surface area contributed by atoms with Crippen LogP contribution >= 0.6 is 11.8 Å². The maximum absolute atomic E-state index is 12.3. The van der Waals surface area contributed by atoms with Crippen molar-refractivity contribution >= 4 is 17.7 Å². The standard InChI is InChI=1S/C23H26N4O3S/c1-2-29-19-10-12-20(13-11-19)30-15-14-24-21(28)16-31-23-26-25-22(17-8-9-17)27(23)18-6-4-3-5-7-18/h3-7,10-13,17H,2,8-9,14-16H2,1H3,(H,24,28). The zero-order valence-electron chi connectivity index (χ0n) is 17.5. The summed E-state index contributed by atoms with van der Waals surface area (Å²) in [7, 11) is 0. The fraction of sp³-hybridized carbons (Fsp3) is 0.348. The van der Waals surface area contributed by atoms with Crippen LogP contribution in [0.3, 0.4) is 0 Å². The van der Waals surface area contributed by atoms with E-state index in [0.29, 0.717) is 25.7 Å². The molecule has 1 aliphatic carbocycles. The van der Waals surface area contributed by atoms with Crippen molar-refractivity contribution in [2.45, 2.75) is 30.8 Å². The molecule has 2 aromatic carbocycles. The number of benzene rings is 2. The zero-order valence-corrected chi connectivity index (χ0v) is 18.3. The first kappa shape index (κ1) is 21.2. The Morgan fingerprint density at radius 1 is 1.06 bits per heavy atom. The topological polar surface area (TPSA) is 78.3 Å². The Bertz CT molecular complexity index is 988. The molecule has 1 amide bonds. The van der Waals surface area contributed by atoms with Gasteiger partial charge in [0.05, 0.1) is 18.9 Å². The van der Waals surface area contributed by atoms with Gasteiger partial charge in [0, 0.05) is 11.6 Å². The number of amides is 1. The molecule has 162 valence electrons. The van der Waals surface area contributed by atoms with Crippen LogP contribution in [-0.2, 0) is 4.79 Å². The van der Waals surface area contributed by atoms with Gasteiger partial charge in [-0.05, 0) is 56.2 Å². The van der Waals surface area contributed by atoms with Gasteiger partial charge in [0.2, 0.25) is 5.91 Å². The molecule has 0 aliphatic heterocycles. The van der Waals surface area contributed by atoms with Gasteiger partial charge in [0.1, 0.15) is 23.9 Å². The first-order valence-corrected chi connectivity index (χ1v) is 11.5. The number of aromatic nitrogens is 3. The minimum Gasteiger partial charge on any atom is -0.494 e. The Balaban J connectivity index is 1.25. The molecule has 31 heavy (non-hydrogen) atoms. The van der Waals surface area contributed by atoms with Crippen LogP contribution in [0.25, 0.3) is 5.69 Å². The summed E-state index contributed by atoms with van der Waals surface area (Å²) in [5.74, 6) is 3.23. The second kappa shape index (κ2) is 10.3. The van der Waals surface area contributed by atoms with Crippen molar-refractivity contribution in [2.75, 3.05) is 25.5 Å². The molecule has 0 saturated heterocycles. The molecular weight excluding hydrogens is 412 g/mol. The minimum atomic E-state index is -0.0594. The first-order valence-electron chi connectivity index (χ1n) is 10.5. The fourth-order valence-corrected chi connectivity index (χ4v) is 3.93. The minimum absolute atomic E-state index is 0.0594. The Hall–Kier alpha value is -3.00. The lowest BCUT2D eigenvalue weighted by Gasteiger charge is -2.10.